The smallest absolute Gasteiger partial charge is 0.317 e. The fourth-order valence-corrected chi connectivity index (χ4v) is 2.60. The second kappa shape index (κ2) is 6.51. The number of carbonyl (C=O) groups excluding carboxylic acids is 2. The third-order valence-corrected chi connectivity index (χ3v) is 3.81. The number of primary amides is 1. The van der Waals surface area contributed by atoms with Gasteiger partial charge in [-0.25, -0.2) is 14.5 Å². The van der Waals surface area contributed by atoms with Gasteiger partial charge in [0.1, 0.15) is 6.33 Å². The highest BCUT2D eigenvalue weighted by molar-refractivity contribution is 5.88. The van der Waals surface area contributed by atoms with Crippen LogP contribution in [0.1, 0.15) is 35.1 Å². The van der Waals surface area contributed by atoms with Gasteiger partial charge in [0.2, 0.25) is 5.82 Å². The van der Waals surface area contributed by atoms with E-state index in [4.69, 9.17) is 10.2 Å². The van der Waals surface area contributed by atoms with E-state index in [1.165, 1.54) is 6.33 Å². The molecule has 3 amide bonds. The highest BCUT2D eigenvalue weighted by Crippen LogP contribution is 2.20. The first-order valence-electron chi connectivity index (χ1n) is 7.38. The zero-order valence-corrected chi connectivity index (χ0v) is 12.5. The van der Waals surface area contributed by atoms with Crippen molar-refractivity contribution in [2.75, 3.05) is 13.1 Å². The van der Waals surface area contributed by atoms with Crippen molar-refractivity contribution >= 4 is 11.9 Å². The molecule has 3 heterocycles. The molecule has 0 saturated carbocycles. The molecule has 1 fully saturated rings. The van der Waals surface area contributed by atoms with E-state index >= 15 is 0 Å². The number of urea groups is 1. The van der Waals surface area contributed by atoms with Crippen LogP contribution < -0.4 is 11.1 Å². The molecule has 0 radical (unpaired) electrons. The number of furan rings is 1. The number of likely N-dealkylation sites (tertiary alicyclic amines) is 1. The van der Waals surface area contributed by atoms with Gasteiger partial charge in [0.15, 0.2) is 0 Å². The molecule has 2 aromatic rings. The van der Waals surface area contributed by atoms with Gasteiger partial charge < -0.3 is 20.4 Å². The number of carbonyl (C=O) groups is 2. The molecule has 3 N–H and O–H groups in total. The number of aromatic nitrogens is 3. The molecule has 0 aromatic carbocycles. The second-order valence-electron chi connectivity index (χ2n) is 5.44. The maximum Gasteiger partial charge on any atom is 0.317 e. The average Bonchev–Trinajstić information content (AvgIpc) is 3.24. The molecule has 3 rings (SSSR count). The van der Waals surface area contributed by atoms with Crippen LogP contribution in [0.5, 0.6) is 0 Å². The topological polar surface area (TPSA) is 119 Å². The Bertz CT molecular complexity index is 681. The largest absolute Gasteiger partial charge is 0.472 e. The Labute approximate surface area is 132 Å². The van der Waals surface area contributed by atoms with Gasteiger partial charge in [-0.1, -0.05) is 0 Å². The van der Waals surface area contributed by atoms with Crippen molar-refractivity contribution in [3.8, 4) is 0 Å². The zero-order chi connectivity index (χ0) is 16.2. The number of amides is 3. The molecule has 0 unspecified atom stereocenters. The normalized spacial score (nSPS) is 17.9. The van der Waals surface area contributed by atoms with Crippen LogP contribution in [0.15, 0.2) is 29.3 Å². The SMILES string of the molecule is NC(=O)c1ncn([C@@H]2CCCN(C(=O)NCc3ccoc3)C2)n1. The van der Waals surface area contributed by atoms with Crippen LogP contribution in [0, 0.1) is 0 Å². The summed E-state index contributed by atoms with van der Waals surface area (Å²) in [5.41, 5.74) is 6.07. The van der Waals surface area contributed by atoms with Crippen LogP contribution >= 0.6 is 0 Å². The Hall–Kier alpha value is -2.84. The fraction of sp³-hybridized carbons (Fsp3) is 0.429. The average molecular weight is 318 g/mol. The van der Waals surface area contributed by atoms with Gasteiger partial charge in [0, 0.05) is 25.2 Å². The van der Waals surface area contributed by atoms with E-state index in [-0.39, 0.29) is 17.9 Å². The van der Waals surface area contributed by atoms with E-state index in [9.17, 15) is 9.59 Å². The van der Waals surface area contributed by atoms with Crippen molar-refractivity contribution in [2.24, 2.45) is 5.73 Å². The number of nitrogens with zero attached hydrogens (tertiary/aromatic N) is 4. The van der Waals surface area contributed by atoms with E-state index in [2.05, 4.69) is 15.4 Å². The summed E-state index contributed by atoms with van der Waals surface area (Å²) in [4.78, 5) is 28.9. The van der Waals surface area contributed by atoms with Gasteiger partial charge in [-0.2, -0.15) is 0 Å². The molecule has 0 aliphatic carbocycles. The molecule has 23 heavy (non-hydrogen) atoms. The molecule has 0 spiro atoms. The van der Waals surface area contributed by atoms with Crippen molar-refractivity contribution in [3.63, 3.8) is 0 Å². The predicted octanol–water partition coefficient (Wildman–Crippen LogP) is 0.517. The Morgan fingerprint density at radius 2 is 2.35 bits per heavy atom. The Balaban J connectivity index is 1.58. The zero-order valence-electron chi connectivity index (χ0n) is 12.5. The van der Waals surface area contributed by atoms with Crippen LogP contribution in [0.25, 0.3) is 0 Å². The Morgan fingerprint density at radius 3 is 3.04 bits per heavy atom. The summed E-state index contributed by atoms with van der Waals surface area (Å²) in [6.07, 6.45) is 6.37. The molecule has 1 aliphatic heterocycles. The first-order chi connectivity index (χ1) is 11.1. The lowest BCUT2D eigenvalue weighted by Crippen LogP contribution is -2.45. The van der Waals surface area contributed by atoms with Crippen LogP contribution in [-0.2, 0) is 6.54 Å². The van der Waals surface area contributed by atoms with Gasteiger partial charge in [0.05, 0.1) is 18.6 Å². The number of nitrogens with one attached hydrogen (secondary N) is 1. The van der Waals surface area contributed by atoms with Crippen molar-refractivity contribution in [3.05, 3.63) is 36.3 Å². The van der Waals surface area contributed by atoms with E-state index in [1.807, 2.05) is 0 Å². The number of rotatable bonds is 4. The summed E-state index contributed by atoms with van der Waals surface area (Å²) >= 11 is 0. The number of nitrogens with two attached hydrogens (primary N) is 1. The van der Waals surface area contributed by atoms with E-state index in [1.54, 1.807) is 28.2 Å². The van der Waals surface area contributed by atoms with Crippen molar-refractivity contribution < 1.29 is 14.0 Å². The lowest BCUT2D eigenvalue weighted by atomic mass is 10.1. The number of hydrogen-bond donors (Lipinski definition) is 2. The molecule has 0 bridgehead atoms. The number of hydrogen-bond acceptors (Lipinski definition) is 5. The van der Waals surface area contributed by atoms with Crippen LogP contribution in [0.4, 0.5) is 4.79 Å². The van der Waals surface area contributed by atoms with Gasteiger partial charge >= 0.3 is 6.03 Å². The van der Waals surface area contributed by atoms with E-state index in [0.717, 1.165) is 18.4 Å². The molecule has 1 saturated heterocycles. The quantitative estimate of drug-likeness (QED) is 0.851. The van der Waals surface area contributed by atoms with Crippen LogP contribution in [0.3, 0.4) is 0 Å². The van der Waals surface area contributed by atoms with E-state index in [0.29, 0.717) is 19.6 Å². The van der Waals surface area contributed by atoms with E-state index < -0.39 is 5.91 Å². The molecule has 9 nitrogen and oxygen atoms in total. The number of piperidine rings is 1. The maximum absolute atomic E-state index is 12.2. The first-order valence-corrected chi connectivity index (χ1v) is 7.38. The van der Waals surface area contributed by atoms with Crippen molar-refractivity contribution in [1.82, 2.24) is 25.0 Å². The molecule has 122 valence electrons. The molecule has 1 aliphatic rings. The molecular weight excluding hydrogens is 300 g/mol. The minimum Gasteiger partial charge on any atom is -0.472 e. The summed E-state index contributed by atoms with van der Waals surface area (Å²) in [5.74, 6) is -0.666. The molecular formula is C14H18N6O3. The van der Waals surface area contributed by atoms with Gasteiger partial charge in [0.25, 0.3) is 5.91 Å². The van der Waals surface area contributed by atoms with Crippen LogP contribution in [0.2, 0.25) is 0 Å². The monoisotopic (exact) mass is 318 g/mol. The third kappa shape index (κ3) is 3.50. The summed E-state index contributed by atoms with van der Waals surface area (Å²) in [6.45, 7) is 1.62. The highest BCUT2D eigenvalue weighted by atomic mass is 16.3. The van der Waals surface area contributed by atoms with Gasteiger partial charge in [-0.05, 0) is 18.9 Å². The second-order valence-corrected chi connectivity index (χ2v) is 5.44. The van der Waals surface area contributed by atoms with Gasteiger partial charge in [-0.15, -0.1) is 5.10 Å². The highest BCUT2D eigenvalue weighted by Gasteiger charge is 2.26. The van der Waals surface area contributed by atoms with Gasteiger partial charge in [-0.3, -0.25) is 4.79 Å². The van der Waals surface area contributed by atoms with Crippen molar-refractivity contribution in [1.29, 1.82) is 0 Å². The van der Waals surface area contributed by atoms with Crippen molar-refractivity contribution in [2.45, 2.75) is 25.4 Å². The molecule has 2 aromatic heterocycles. The standard InChI is InChI=1S/C14H18N6O3/c15-12(21)13-17-9-20(18-13)11-2-1-4-19(7-11)14(22)16-6-10-3-5-23-8-10/h3,5,8-9,11H,1-2,4,6-7H2,(H2,15,21)(H,16,22)/t11-/m1/s1. The van der Waals surface area contributed by atoms with Crippen LogP contribution in [-0.4, -0.2) is 44.7 Å². The summed E-state index contributed by atoms with van der Waals surface area (Å²) in [6, 6.07) is 1.66. The first kappa shape index (κ1) is 15.1. The maximum atomic E-state index is 12.2. The third-order valence-electron chi connectivity index (χ3n) is 3.81. The minimum absolute atomic E-state index is 0.00784. The lowest BCUT2D eigenvalue weighted by Gasteiger charge is -2.32. The minimum atomic E-state index is -0.658. The lowest BCUT2D eigenvalue weighted by molar-refractivity contribution is 0.0989. The summed E-state index contributed by atoms with van der Waals surface area (Å²) < 4.78 is 6.57. The Morgan fingerprint density at radius 1 is 1.48 bits per heavy atom. The summed E-state index contributed by atoms with van der Waals surface area (Å²) in [5, 5.41) is 6.93. The summed E-state index contributed by atoms with van der Waals surface area (Å²) in [7, 11) is 0. The Kier molecular flexibility index (Phi) is 4.26. The molecule has 1 atom stereocenters. The molecule has 9 heteroatoms. The predicted molar refractivity (Wildman–Crippen MR) is 79.3 cm³/mol. The fourth-order valence-electron chi connectivity index (χ4n) is 2.60.